The first-order valence-corrected chi connectivity index (χ1v) is 7.74. The van der Waals surface area contributed by atoms with Gasteiger partial charge in [0.1, 0.15) is 0 Å². The van der Waals surface area contributed by atoms with E-state index in [1.165, 1.54) is 14.2 Å². The van der Waals surface area contributed by atoms with E-state index in [4.69, 9.17) is 18.9 Å². The Labute approximate surface area is 137 Å². The number of hydrogen-bond acceptors (Lipinski definition) is 7. The van der Waals surface area contributed by atoms with E-state index in [1.807, 2.05) is 0 Å². The van der Waals surface area contributed by atoms with Crippen LogP contribution in [0.25, 0.3) is 0 Å². The lowest BCUT2D eigenvalue weighted by Gasteiger charge is -2.06. The molecular formula is C14H24O5S2. The number of ether oxygens (including phenoxy) is 4. The third-order valence-corrected chi connectivity index (χ3v) is 2.61. The number of thiol groups is 2. The minimum absolute atomic E-state index is 0.0394. The van der Waals surface area contributed by atoms with Gasteiger partial charge in [-0.1, -0.05) is 6.07 Å². The molecule has 0 amide bonds. The molecule has 21 heavy (non-hydrogen) atoms. The maximum absolute atomic E-state index is 9.34. The number of phenolic OH excluding ortho intramolecular Hbond substituents is 1. The van der Waals surface area contributed by atoms with Gasteiger partial charge in [0.2, 0.25) is 5.75 Å². The molecule has 0 saturated heterocycles. The summed E-state index contributed by atoms with van der Waals surface area (Å²) in [5, 5.41) is 9.34. The molecule has 0 spiro atoms. The van der Waals surface area contributed by atoms with Crippen LogP contribution >= 0.6 is 25.3 Å². The highest BCUT2D eigenvalue weighted by Gasteiger charge is 2.05. The van der Waals surface area contributed by atoms with Crippen LogP contribution in [-0.4, -0.2) is 57.3 Å². The van der Waals surface area contributed by atoms with Gasteiger partial charge >= 0.3 is 0 Å². The lowest BCUT2D eigenvalue weighted by Crippen LogP contribution is -2.07. The van der Waals surface area contributed by atoms with E-state index in [1.54, 1.807) is 18.2 Å². The molecule has 0 radical (unpaired) electrons. The molecule has 0 aliphatic rings. The first kappa shape index (κ1) is 20.2. The highest BCUT2D eigenvalue weighted by atomic mass is 32.1. The molecule has 0 saturated carbocycles. The Balaban J connectivity index is 0.000000384. The zero-order valence-electron chi connectivity index (χ0n) is 12.4. The van der Waals surface area contributed by atoms with Crippen LogP contribution in [0, 0.1) is 0 Å². The lowest BCUT2D eigenvalue weighted by molar-refractivity contribution is 0.0606. The summed E-state index contributed by atoms with van der Waals surface area (Å²) in [6.07, 6.45) is 0. The van der Waals surface area contributed by atoms with Crippen LogP contribution in [0.2, 0.25) is 0 Å². The van der Waals surface area contributed by atoms with Gasteiger partial charge in [0.15, 0.2) is 11.5 Å². The Morgan fingerprint density at radius 2 is 1.29 bits per heavy atom. The topological polar surface area (TPSA) is 57.2 Å². The van der Waals surface area contributed by atoms with Crippen LogP contribution < -0.4 is 9.47 Å². The molecule has 0 bridgehead atoms. The Bertz CT molecular complexity index is 333. The highest BCUT2D eigenvalue weighted by molar-refractivity contribution is 7.80. The summed E-state index contributed by atoms with van der Waals surface area (Å²) in [4.78, 5) is 0. The van der Waals surface area contributed by atoms with E-state index in [9.17, 15) is 5.11 Å². The number of benzene rings is 1. The van der Waals surface area contributed by atoms with E-state index < -0.39 is 0 Å². The van der Waals surface area contributed by atoms with Gasteiger partial charge in [0.25, 0.3) is 0 Å². The van der Waals surface area contributed by atoms with E-state index in [0.717, 1.165) is 11.5 Å². The third-order valence-electron chi connectivity index (χ3n) is 2.25. The van der Waals surface area contributed by atoms with Crippen LogP contribution in [-0.2, 0) is 9.47 Å². The third kappa shape index (κ3) is 9.73. The second kappa shape index (κ2) is 14.2. The lowest BCUT2D eigenvalue weighted by atomic mass is 10.3. The summed E-state index contributed by atoms with van der Waals surface area (Å²) in [7, 11) is 2.99. The van der Waals surface area contributed by atoms with Crippen molar-refractivity contribution in [2.24, 2.45) is 0 Å². The van der Waals surface area contributed by atoms with Crippen molar-refractivity contribution in [3.8, 4) is 17.2 Å². The molecule has 1 aromatic rings. The number of hydrogen-bond donors (Lipinski definition) is 3. The normalized spacial score (nSPS) is 9.71. The molecule has 0 unspecified atom stereocenters. The Hall–Kier alpha value is -0.760. The molecule has 5 nitrogen and oxygen atoms in total. The van der Waals surface area contributed by atoms with E-state index >= 15 is 0 Å². The summed E-state index contributed by atoms with van der Waals surface area (Å²) in [5.41, 5.74) is 0. The predicted octanol–water partition coefficient (Wildman–Crippen LogP) is 2.29. The van der Waals surface area contributed by atoms with Gasteiger partial charge in [-0.05, 0) is 12.1 Å². The number of para-hydroxylation sites is 1. The molecular weight excluding hydrogens is 312 g/mol. The number of phenols is 1. The zero-order chi connectivity index (χ0) is 15.9. The summed E-state index contributed by atoms with van der Waals surface area (Å²) < 4.78 is 19.9. The molecule has 0 aromatic heterocycles. The summed E-state index contributed by atoms with van der Waals surface area (Å²) in [6.45, 7) is 2.73. The van der Waals surface area contributed by atoms with E-state index in [2.05, 4.69) is 25.3 Å². The summed E-state index contributed by atoms with van der Waals surface area (Å²) in [6, 6.07) is 5.08. The monoisotopic (exact) mass is 336 g/mol. The fraction of sp³-hybridized carbons (Fsp3) is 0.571. The fourth-order valence-corrected chi connectivity index (χ4v) is 1.54. The smallest absolute Gasteiger partial charge is 0.200 e. The van der Waals surface area contributed by atoms with Crippen molar-refractivity contribution < 1.29 is 24.1 Å². The van der Waals surface area contributed by atoms with Crippen molar-refractivity contribution in [3.63, 3.8) is 0 Å². The number of methoxy groups -OCH3 is 2. The van der Waals surface area contributed by atoms with Crippen molar-refractivity contribution >= 4 is 25.3 Å². The van der Waals surface area contributed by atoms with E-state index in [-0.39, 0.29) is 5.75 Å². The van der Waals surface area contributed by atoms with Crippen LogP contribution in [0.15, 0.2) is 18.2 Å². The van der Waals surface area contributed by atoms with Gasteiger partial charge in [0, 0.05) is 11.5 Å². The van der Waals surface area contributed by atoms with Gasteiger partial charge in [-0.2, -0.15) is 25.3 Å². The van der Waals surface area contributed by atoms with Crippen LogP contribution in [0.4, 0.5) is 0 Å². The Kier molecular flexibility index (Phi) is 13.7. The summed E-state index contributed by atoms with van der Waals surface area (Å²) >= 11 is 7.97. The second-order valence-electron chi connectivity index (χ2n) is 3.68. The summed E-state index contributed by atoms with van der Waals surface area (Å²) in [5.74, 6) is 2.42. The SMILES string of the molecule is COc1cccc(OC)c1O.SCCOCCOCCS. The fourth-order valence-electron chi connectivity index (χ4n) is 1.28. The van der Waals surface area contributed by atoms with Gasteiger partial charge in [-0.15, -0.1) is 0 Å². The number of rotatable bonds is 9. The average molecular weight is 336 g/mol. The quantitative estimate of drug-likeness (QED) is 0.477. The molecule has 7 heteroatoms. The first-order chi connectivity index (χ1) is 10.2. The van der Waals surface area contributed by atoms with Gasteiger partial charge in [-0.3, -0.25) is 0 Å². The molecule has 0 aliphatic carbocycles. The van der Waals surface area contributed by atoms with Crippen molar-refractivity contribution in [1.82, 2.24) is 0 Å². The maximum atomic E-state index is 9.34. The molecule has 122 valence electrons. The van der Waals surface area contributed by atoms with Gasteiger partial charge in [-0.25, -0.2) is 0 Å². The van der Waals surface area contributed by atoms with E-state index in [0.29, 0.717) is 37.9 Å². The average Bonchev–Trinajstić information content (AvgIpc) is 2.52. The molecule has 1 N–H and O–H groups in total. The van der Waals surface area contributed by atoms with Crippen LogP contribution in [0.1, 0.15) is 0 Å². The molecule has 0 atom stereocenters. The minimum Gasteiger partial charge on any atom is -0.502 e. The molecule has 0 fully saturated rings. The zero-order valence-corrected chi connectivity index (χ0v) is 14.2. The van der Waals surface area contributed by atoms with Gasteiger partial charge in [0.05, 0.1) is 40.6 Å². The van der Waals surface area contributed by atoms with Crippen molar-refractivity contribution in [3.05, 3.63) is 18.2 Å². The first-order valence-electron chi connectivity index (χ1n) is 6.48. The molecule has 0 aliphatic heterocycles. The highest BCUT2D eigenvalue weighted by Crippen LogP contribution is 2.34. The molecule has 1 aromatic carbocycles. The minimum atomic E-state index is 0.0394. The number of aromatic hydroxyl groups is 1. The largest absolute Gasteiger partial charge is 0.502 e. The van der Waals surface area contributed by atoms with Crippen LogP contribution in [0.3, 0.4) is 0 Å². The van der Waals surface area contributed by atoms with Crippen molar-refractivity contribution in [2.75, 3.05) is 52.2 Å². The molecule has 1 rings (SSSR count). The van der Waals surface area contributed by atoms with Crippen molar-refractivity contribution in [2.45, 2.75) is 0 Å². The van der Waals surface area contributed by atoms with Gasteiger partial charge < -0.3 is 24.1 Å². The van der Waals surface area contributed by atoms with Crippen molar-refractivity contribution in [1.29, 1.82) is 0 Å². The second-order valence-corrected chi connectivity index (χ2v) is 4.58. The Morgan fingerprint density at radius 1 is 0.857 bits per heavy atom. The maximum Gasteiger partial charge on any atom is 0.200 e. The molecule has 0 heterocycles. The Morgan fingerprint density at radius 3 is 1.62 bits per heavy atom. The van der Waals surface area contributed by atoms with Crippen LogP contribution in [0.5, 0.6) is 17.2 Å². The standard InChI is InChI=1S/C8H10O3.C6H14O2S2/c1-10-6-4-3-5-7(11-2)8(6)9;9-5-3-7-1-2-8-4-6-10/h3-5,9H,1-2H3;9-10H,1-6H2. The predicted molar refractivity (Wildman–Crippen MR) is 90.6 cm³/mol.